The van der Waals surface area contributed by atoms with E-state index in [1.807, 2.05) is 48.5 Å². The first-order valence-corrected chi connectivity index (χ1v) is 9.96. The highest BCUT2D eigenvalue weighted by Gasteiger charge is 2.15. The summed E-state index contributed by atoms with van der Waals surface area (Å²) in [4.78, 5) is 12.1. The highest BCUT2D eigenvalue weighted by Crippen LogP contribution is 2.21. The normalized spacial score (nSPS) is 12.0. The predicted octanol–water partition coefficient (Wildman–Crippen LogP) is 4.60. The number of rotatable bonds is 7. The maximum Gasteiger partial charge on any atom is 0.273 e. The molecule has 0 saturated carbocycles. The van der Waals surface area contributed by atoms with E-state index in [9.17, 15) is 9.90 Å². The fraction of sp³-hybridized carbons (Fsp3) is 0.0769. The van der Waals surface area contributed by atoms with Crippen molar-refractivity contribution in [2.45, 2.75) is 12.7 Å². The molecule has 4 rings (SSSR count). The molecule has 0 saturated heterocycles. The van der Waals surface area contributed by atoms with Gasteiger partial charge in [0.25, 0.3) is 5.91 Å². The minimum Gasteiger partial charge on any atom is -0.489 e. The summed E-state index contributed by atoms with van der Waals surface area (Å²) in [5, 5.41) is 16.4. The molecule has 1 amide bonds. The highest BCUT2D eigenvalue weighted by molar-refractivity contribution is 5.86. The molecule has 0 bridgehead atoms. The molecule has 4 aromatic rings. The Kier molecular flexibility index (Phi) is 6.35. The number of hydrazone groups is 1. The van der Waals surface area contributed by atoms with Gasteiger partial charge in [-0.15, -0.1) is 0 Å². The number of hydrogen-bond acceptors (Lipinski definition) is 4. The summed E-state index contributed by atoms with van der Waals surface area (Å²) in [6, 6.07) is 30.5. The second-order valence-corrected chi connectivity index (χ2v) is 7.05. The largest absolute Gasteiger partial charge is 0.489 e. The number of aliphatic hydroxyl groups is 1. The third-order valence-electron chi connectivity index (χ3n) is 4.88. The maximum absolute atomic E-state index is 12.1. The van der Waals surface area contributed by atoms with Crippen molar-refractivity contribution in [2.24, 2.45) is 5.10 Å². The van der Waals surface area contributed by atoms with Gasteiger partial charge < -0.3 is 9.84 Å². The summed E-state index contributed by atoms with van der Waals surface area (Å²) < 4.78 is 5.98. The second kappa shape index (κ2) is 9.69. The van der Waals surface area contributed by atoms with Gasteiger partial charge in [0.2, 0.25) is 0 Å². The molecule has 0 heterocycles. The van der Waals surface area contributed by atoms with Crippen LogP contribution in [0.3, 0.4) is 0 Å². The van der Waals surface area contributed by atoms with Crippen molar-refractivity contribution in [3.05, 3.63) is 114 Å². The summed E-state index contributed by atoms with van der Waals surface area (Å²) in [5.74, 6) is 0.110. The molecule has 2 N–H and O–H groups in total. The fourth-order valence-corrected chi connectivity index (χ4v) is 3.28. The Hall–Kier alpha value is -3.96. The van der Waals surface area contributed by atoms with Crippen molar-refractivity contribution < 1.29 is 14.6 Å². The molecule has 5 nitrogen and oxygen atoms in total. The Balaban J connectivity index is 1.37. The van der Waals surface area contributed by atoms with Crippen molar-refractivity contribution in [3.63, 3.8) is 0 Å². The Bertz CT molecular complexity index is 1200. The van der Waals surface area contributed by atoms with E-state index in [-0.39, 0.29) is 0 Å². The quantitative estimate of drug-likeness (QED) is 0.345. The van der Waals surface area contributed by atoms with Crippen molar-refractivity contribution >= 4 is 22.9 Å². The summed E-state index contributed by atoms with van der Waals surface area (Å²) >= 11 is 0. The molecule has 0 aliphatic heterocycles. The lowest BCUT2D eigenvalue weighted by molar-refractivity contribution is -0.129. The van der Waals surface area contributed by atoms with Crippen molar-refractivity contribution in [1.29, 1.82) is 0 Å². The van der Waals surface area contributed by atoms with E-state index in [1.165, 1.54) is 17.0 Å². The lowest BCUT2D eigenvalue weighted by Crippen LogP contribution is -2.25. The molecule has 4 aromatic carbocycles. The second-order valence-electron chi connectivity index (χ2n) is 7.05. The van der Waals surface area contributed by atoms with Gasteiger partial charge in [0.05, 0.1) is 6.21 Å². The van der Waals surface area contributed by atoms with Gasteiger partial charge in [-0.2, -0.15) is 5.10 Å². The number of carbonyl (C=O) groups excluding carboxylic acids is 1. The molecule has 0 aliphatic carbocycles. The molecule has 154 valence electrons. The van der Waals surface area contributed by atoms with Crippen LogP contribution >= 0.6 is 0 Å². The predicted molar refractivity (Wildman–Crippen MR) is 122 cm³/mol. The maximum atomic E-state index is 12.1. The van der Waals surface area contributed by atoms with Crippen LogP contribution in [0.5, 0.6) is 5.75 Å². The van der Waals surface area contributed by atoms with Gasteiger partial charge in [-0.1, -0.05) is 84.9 Å². The van der Waals surface area contributed by atoms with Crippen molar-refractivity contribution in [3.8, 4) is 5.75 Å². The van der Waals surface area contributed by atoms with Gasteiger partial charge in [0.1, 0.15) is 12.4 Å². The van der Waals surface area contributed by atoms with E-state index in [0.29, 0.717) is 17.9 Å². The van der Waals surface area contributed by atoms with Crippen molar-refractivity contribution in [1.82, 2.24) is 5.43 Å². The van der Waals surface area contributed by atoms with E-state index in [1.54, 1.807) is 24.3 Å². The third kappa shape index (κ3) is 5.15. The lowest BCUT2D eigenvalue weighted by Gasteiger charge is -2.10. The Morgan fingerprint density at radius 1 is 0.935 bits per heavy atom. The van der Waals surface area contributed by atoms with Crippen LogP contribution in [-0.2, 0) is 11.4 Å². The summed E-state index contributed by atoms with van der Waals surface area (Å²) in [5.41, 5.74) is 4.76. The SMILES string of the molecule is O=C(NN=Cc1cccc(OCc2cccc3ccccc23)c1)C(O)c1ccccc1. The van der Waals surface area contributed by atoms with Crippen LogP contribution in [0.2, 0.25) is 0 Å². The number of benzene rings is 4. The van der Waals surface area contributed by atoms with Gasteiger partial charge in [-0.3, -0.25) is 4.79 Å². The summed E-state index contributed by atoms with van der Waals surface area (Å²) in [6.45, 7) is 0.446. The number of carbonyl (C=O) groups is 1. The number of nitrogens with one attached hydrogen (secondary N) is 1. The minimum absolute atomic E-state index is 0.446. The number of nitrogens with zero attached hydrogens (tertiary/aromatic N) is 1. The molecule has 0 aromatic heterocycles. The smallest absolute Gasteiger partial charge is 0.273 e. The zero-order valence-corrected chi connectivity index (χ0v) is 16.8. The average molecular weight is 410 g/mol. The molecule has 31 heavy (non-hydrogen) atoms. The highest BCUT2D eigenvalue weighted by atomic mass is 16.5. The van der Waals surface area contributed by atoms with Crippen LogP contribution in [0.15, 0.2) is 102 Å². The van der Waals surface area contributed by atoms with Crippen LogP contribution in [0, 0.1) is 0 Å². The zero-order chi connectivity index (χ0) is 21.5. The monoisotopic (exact) mass is 410 g/mol. The molecule has 0 radical (unpaired) electrons. The van der Waals surface area contributed by atoms with Crippen LogP contribution in [0.4, 0.5) is 0 Å². The average Bonchev–Trinajstić information content (AvgIpc) is 2.83. The first kappa shape index (κ1) is 20.3. The van der Waals surface area contributed by atoms with E-state index in [4.69, 9.17) is 4.74 Å². The number of ether oxygens (including phenoxy) is 1. The standard InChI is InChI=1S/C26H22N2O3/c29-25(21-10-2-1-3-11-21)26(30)28-27-17-19-8-6-14-23(16-19)31-18-22-13-7-12-20-9-4-5-15-24(20)22/h1-17,25,29H,18H2,(H,28,30). The molecular formula is C26H22N2O3. The van der Waals surface area contributed by atoms with Gasteiger partial charge in [0, 0.05) is 0 Å². The summed E-state index contributed by atoms with van der Waals surface area (Å²) in [6.07, 6.45) is 0.245. The molecule has 0 fully saturated rings. The Morgan fingerprint density at radius 2 is 1.68 bits per heavy atom. The van der Waals surface area contributed by atoms with E-state index in [0.717, 1.165) is 11.1 Å². The molecule has 1 unspecified atom stereocenters. The van der Waals surface area contributed by atoms with Gasteiger partial charge in [0.15, 0.2) is 6.10 Å². The van der Waals surface area contributed by atoms with Crippen molar-refractivity contribution in [2.75, 3.05) is 0 Å². The van der Waals surface area contributed by atoms with Gasteiger partial charge in [-0.05, 0) is 39.6 Å². The van der Waals surface area contributed by atoms with Crippen LogP contribution in [-0.4, -0.2) is 17.2 Å². The van der Waals surface area contributed by atoms with Gasteiger partial charge in [-0.25, -0.2) is 5.43 Å². The van der Waals surface area contributed by atoms with Gasteiger partial charge >= 0.3 is 0 Å². The zero-order valence-electron chi connectivity index (χ0n) is 16.8. The molecule has 1 atom stereocenters. The van der Waals surface area contributed by atoms with Crippen LogP contribution in [0.25, 0.3) is 10.8 Å². The summed E-state index contributed by atoms with van der Waals surface area (Å²) in [7, 11) is 0. The molecule has 0 spiro atoms. The Labute approximate surface area is 180 Å². The first-order valence-electron chi connectivity index (χ1n) is 9.96. The van der Waals surface area contributed by atoms with E-state index < -0.39 is 12.0 Å². The topological polar surface area (TPSA) is 70.9 Å². The molecular weight excluding hydrogens is 388 g/mol. The van der Waals surface area contributed by atoms with E-state index in [2.05, 4.69) is 34.8 Å². The number of hydrogen-bond donors (Lipinski definition) is 2. The minimum atomic E-state index is -1.27. The van der Waals surface area contributed by atoms with Crippen LogP contribution < -0.4 is 10.2 Å². The third-order valence-corrected chi connectivity index (χ3v) is 4.88. The van der Waals surface area contributed by atoms with E-state index >= 15 is 0 Å². The number of aliphatic hydroxyl groups excluding tert-OH is 1. The van der Waals surface area contributed by atoms with Crippen LogP contribution in [0.1, 0.15) is 22.8 Å². The number of fused-ring (bicyclic) bond motifs is 1. The Morgan fingerprint density at radius 3 is 2.55 bits per heavy atom. The molecule has 0 aliphatic rings. The fourth-order valence-electron chi connectivity index (χ4n) is 3.28. The lowest BCUT2D eigenvalue weighted by atomic mass is 10.1. The first-order chi connectivity index (χ1) is 15.2. The number of amides is 1. The molecule has 5 heteroatoms.